The molecule has 2 rings (SSSR count). The minimum Gasteiger partial charge on any atom is -0.508 e. The molecule has 2 aromatic carbocycles. The molecule has 0 bridgehead atoms. The van der Waals surface area contributed by atoms with Gasteiger partial charge < -0.3 is 10.4 Å². The van der Waals surface area contributed by atoms with E-state index in [1.807, 2.05) is 31.2 Å². The molecule has 114 valence electrons. The van der Waals surface area contributed by atoms with Gasteiger partial charge in [0, 0.05) is 15.7 Å². The SMILES string of the molecule is Cc1ccc(NCC(=O)N/N=C\c2cc(O)ccc2Br)cc1. The molecule has 0 aliphatic rings. The minimum absolute atomic E-state index is 0.127. The van der Waals surface area contributed by atoms with Crippen LogP contribution in [0.2, 0.25) is 0 Å². The van der Waals surface area contributed by atoms with Crippen molar-refractivity contribution >= 4 is 33.7 Å². The van der Waals surface area contributed by atoms with Gasteiger partial charge in [0.25, 0.3) is 5.91 Å². The zero-order valence-electron chi connectivity index (χ0n) is 12.0. The van der Waals surface area contributed by atoms with E-state index in [1.165, 1.54) is 6.21 Å². The van der Waals surface area contributed by atoms with Gasteiger partial charge in [-0.05, 0) is 37.3 Å². The molecule has 0 radical (unpaired) electrons. The average molecular weight is 362 g/mol. The molecule has 0 saturated carbocycles. The predicted molar refractivity (Wildman–Crippen MR) is 91.2 cm³/mol. The number of carbonyl (C=O) groups excluding carboxylic acids is 1. The fraction of sp³-hybridized carbons (Fsp3) is 0.125. The molecule has 1 amide bonds. The highest BCUT2D eigenvalue weighted by molar-refractivity contribution is 9.10. The Bertz CT molecular complexity index is 684. The number of phenols is 1. The van der Waals surface area contributed by atoms with Gasteiger partial charge >= 0.3 is 0 Å². The molecule has 0 heterocycles. The van der Waals surface area contributed by atoms with Gasteiger partial charge in [-0.3, -0.25) is 4.79 Å². The lowest BCUT2D eigenvalue weighted by Gasteiger charge is -2.05. The maximum atomic E-state index is 11.7. The lowest BCUT2D eigenvalue weighted by molar-refractivity contribution is -0.119. The summed E-state index contributed by atoms with van der Waals surface area (Å²) in [6.07, 6.45) is 1.47. The number of nitrogens with zero attached hydrogens (tertiary/aromatic N) is 1. The number of hydrazone groups is 1. The summed E-state index contributed by atoms with van der Waals surface area (Å²) in [4.78, 5) is 11.7. The fourth-order valence-corrected chi connectivity index (χ4v) is 2.05. The standard InChI is InChI=1S/C16H16BrN3O2/c1-11-2-4-13(5-3-11)18-10-16(22)20-19-9-12-8-14(21)6-7-15(12)17/h2-9,18,21H,10H2,1H3,(H,20,22)/b19-9-. The van der Waals surface area contributed by atoms with Crippen molar-refractivity contribution in [2.75, 3.05) is 11.9 Å². The van der Waals surface area contributed by atoms with Crippen molar-refractivity contribution in [1.82, 2.24) is 5.43 Å². The van der Waals surface area contributed by atoms with Gasteiger partial charge in [0.2, 0.25) is 0 Å². The summed E-state index contributed by atoms with van der Waals surface area (Å²) < 4.78 is 0.779. The van der Waals surface area contributed by atoms with Crippen LogP contribution < -0.4 is 10.7 Å². The Kier molecular flexibility index (Phi) is 5.55. The summed E-state index contributed by atoms with van der Waals surface area (Å²) in [7, 11) is 0. The van der Waals surface area contributed by atoms with Crippen LogP contribution in [0.15, 0.2) is 52.0 Å². The summed E-state index contributed by atoms with van der Waals surface area (Å²) in [6, 6.07) is 12.6. The Morgan fingerprint density at radius 3 is 2.73 bits per heavy atom. The van der Waals surface area contributed by atoms with Crippen LogP contribution in [0.5, 0.6) is 5.75 Å². The number of amides is 1. The third-order valence-electron chi connectivity index (χ3n) is 2.88. The third-order valence-corrected chi connectivity index (χ3v) is 3.60. The van der Waals surface area contributed by atoms with Crippen molar-refractivity contribution < 1.29 is 9.90 Å². The maximum Gasteiger partial charge on any atom is 0.259 e. The van der Waals surface area contributed by atoms with Crippen LogP contribution in [-0.2, 0) is 4.79 Å². The van der Waals surface area contributed by atoms with Gasteiger partial charge in [-0.2, -0.15) is 5.10 Å². The van der Waals surface area contributed by atoms with Crippen LogP contribution in [0.1, 0.15) is 11.1 Å². The first-order chi connectivity index (χ1) is 10.5. The van der Waals surface area contributed by atoms with Gasteiger partial charge in [0.15, 0.2) is 0 Å². The first kappa shape index (κ1) is 16.0. The van der Waals surface area contributed by atoms with E-state index >= 15 is 0 Å². The number of nitrogens with one attached hydrogen (secondary N) is 2. The average Bonchev–Trinajstić information content (AvgIpc) is 2.50. The first-order valence-corrected chi connectivity index (χ1v) is 7.45. The zero-order valence-corrected chi connectivity index (χ0v) is 13.6. The van der Waals surface area contributed by atoms with Crippen molar-refractivity contribution in [3.63, 3.8) is 0 Å². The van der Waals surface area contributed by atoms with Crippen LogP contribution in [0.3, 0.4) is 0 Å². The molecule has 22 heavy (non-hydrogen) atoms. The number of benzene rings is 2. The van der Waals surface area contributed by atoms with Gasteiger partial charge in [-0.1, -0.05) is 33.6 Å². The van der Waals surface area contributed by atoms with E-state index in [9.17, 15) is 9.90 Å². The molecular formula is C16H16BrN3O2. The summed E-state index contributed by atoms with van der Waals surface area (Å²) >= 11 is 3.34. The number of aryl methyl sites for hydroxylation is 1. The number of phenolic OH excluding ortho intramolecular Hbond substituents is 1. The molecule has 0 aromatic heterocycles. The van der Waals surface area contributed by atoms with E-state index in [-0.39, 0.29) is 18.2 Å². The van der Waals surface area contributed by atoms with Crippen LogP contribution in [-0.4, -0.2) is 23.8 Å². The highest BCUT2D eigenvalue weighted by Crippen LogP contribution is 2.19. The Labute approximate surface area is 137 Å². The number of hydrogen-bond donors (Lipinski definition) is 3. The normalized spacial score (nSPS) is 10.6. The van der Waals surface area contributed by atoms with Crippen LogP contribution in [0.4, 0.5) is 5.69 Å². The van der Waals surface area contributed by atoms with Gasteiger partial charge in [-0.25, -0.2) is 5.43 Å². The molecule has 0 unspecified atom stereocenters. The van der Waals surface area contributed by atoms with Gasteiger partial charge in [0.05, 0.1) is 12.8 Å². The van der Waals surface area contributed by atoms with Crippen LogP contribution in [0.25, 0.3) is 0 Å². The molecule has 3 N–H and O–H groups in total. The van der Waals surface area contributed by atoms with E-state index in [1.54, 1.807) is 18.2 Å². The number of anilines is 1. The summed E-state index contributed by atoms with van der Waals surface area (Å²) in [5.41, 5.74) is 5.14. The fourth-order valence-electron chi connectivity index (χ4n) is 1.70. The van der Waals surface area contributed by atoms with Gasteiger partial charge in [-0.15, -0.1) is 0 Å². The number of halogens is 1. The molecule has 2 aromatic rings. The van der Waals surface area contributed by atoms with Gasteiger partial charge in [0.1, 0.15) is 5.75 Å². The van der Waals surface area contributed by atoms with E-state index in [2.05, 4.69) is 31.8 Å². The Morgan fingerprint density at radius 2 is 2.00 bits per heavy atom. The quantitative estimate of drug-likeness (QED) is 0.566. The summed E-state index contributed by atoms with van der Waals surface area (Å²) in [5.74, 6) is -0.120. The number of aromatic hydroxyl groups is 1. The highest BCUT2D eigenvalue weighted by Gasteiger charge is 2.01. The molecule has 0 spiro atoms. The number of rotatable bonds is 5. The zero-order chi connectivity index (χ0) is 15.9. The lowest BCUT2D eigenvalue weighted by atomic mass is 10.2. The first-order valence-electron chi connectivity index (χ1n) is 6.65. The molecule has 0 aliphatic heterocycles. The topological polar surface area (TPSA) is 73.7 Å². The monoisotopic (exact) mass is 361 g/mol. The van der Waals surface area contributed by atoms with Crippen LogP contribution in [0, 0.1) is 6.92 Å². The Balaban J connectivity index is 1.83. The van der Waals surface area contributed by atoms with Crippen molar-refractivity contribution in [2.45, 2.75) is 6.92 Å². The van der Waals surface area contributed by atoms with E-state index in [0.717, 1.165) is 15.7 Å². The third kappa shape index (κ3) is 4.89. The lowest BCUT2D eigenvalue weighted by Crippen LogP contribution is -2.25. The second-order valence-corrected chi connectivity index (χ2v) is 5.57. The maximum absolute atomic E-state index is 11.7. The summed E-state index contributed by atoms with van der Waals surface area (Å²) in [6.45, 7) is 2.13. The molecule has 5 nitrogen and oxygen atoms in total. The van der Waals surface area contributed by atoms with Crippen LogP contribution >= 0.6 is 15.9 Å². The smallest absolute Gasteiger partial charge is 0.259 e. The molecule has 0 saturated heterocycles. The second-order valence-electron chi connectivity index (χ2n) is 4.72. The van der Waals surface area contributed by atoms with Crippen molar-refractivity contribution in [2.24, 2.45) is 5.10 Å². The van der Waals surface area contributed by atoms with Crippen molar-refractivity contribution in [1.29, 1.82) is 0 Å². The Morgan fingerprint density at radius 1 is 1.27 bits per heavy atom. The molecule has 0 fully saturated rings. The van der Waals surface area contributed by atoms with E-state index in [0.29, 0.717) is 5.56 Å². The summed E-state index contributed by atoms with van der Waals surface area (Å²) in [5, 5.41) is 16.3. The predicted octanol–water partition coefficient (Wildman–Crippen LogP) is 3.03. The van der Waals surface area contributed by atoms with E-state index < -0.39 is 0 Å². The highest BCUT2D eigenvalue weighted by atomic mass is 79.9. The molecule has 0 aliphatic carbocycles. The van der Waals surface area contributed by atoms with E-state index in [4.69, 9.17) is 0 Å². The number of carbonyl (C=O) groups is 1. The Hall–Kier alpha value is -2.34. The van der Waals surface area contributed by atoms with Crippen molar-refractivity contribution in [3.8, 4) is 5.75 Å². The number of hydrogen-bond acceptors (Lipinski definition) is 4. The largest absolute Gasteiger partial charge is 0.508 e. The molecular weight excluding hydrogens is 346 g/mol. The minimum atomic E-state index is -0.256. The molecule has 0 atom stereocenters. The molecule has 6 heteroatoms. The van der Waals surface area contributed by atoms with Crippen molar-refractivity contribution in [3.05, 3.63) is 58.1 Å². The second kappa shape index (κ2) is 7.61.